The van der Waals surface area contributed by atoms with E-state index in [1.165, 1.54) is 0 Å². The fourth-order valence-corrected chi connectivity index (χ4v) is 1.25. The first-order valence-corrected chi connectivity index (χ1v) is 3.77. The molecule has 0 spiro atoms. The number of hydrogen-bond acceptors (Lipinski definition) is 2. The smallest absolute Gasteiger partial charge is 0.121 e. The molecular weight excluding hydrogens is 152 g/mol. The van der Waals surface area contributed by atoms with Crippen LogP contribution in [0.25, 0.3) is 10.9 Å². The van der Waals surface area contributed by atoms with Gasteiger partial charge < -0.3 is 4.74 Å². The van der Waals surface area contributed by atoms with Crippen LogP contribution < -0.4 is 4.74 Å². The molecule has 0 aliphatic carbocycles. The summed E-state index contributed by atoms with van der Waals surface area (Å²) >= 11 is 0. The van der Waals surface area contributed by atoms with Gasteiger partial charge in [-0.25, -0.2) is 0 Å². The first-order chi connectivity index (χ1) is 5.81. The Morgan fingerprint density at radius 2 is 2.25 bits per heavy atom. The van der Waals surface area contributed by atoms with Gasteiger partial charge in [-0.3, -0.25) is 4.68 Å². The number of aryl methyl sites for hydroxylation is 1. The fraction of sp³-hybridized carbons (Fsp3) is 0.222. The van der Waals surface area contributed by atoms with E-state index >= 15 is 0 Å². The molecule has 0 atom stereocenters. The van der Waals surface area contributed by atoms with Crippen LogP contribution in [0.3, 0.4) is 0 Å². The van der Waals surface area contributed by atoms with Crippen molar-refractivity contribution in [3.8, 4) is 5.75 Å². The van der Waals surface area contributed by atoms with E-state index in [4.69, 9.17) is 4.74 Å². The molecule has 1 heterocycles. The van der Waals surface area contributed by atoms with E-state index in [2.05, 4.69) is 5.10 Å². The molecule has 0 fully saturated rings. The molecule has 0 radical (unpaired) electrons. The Balaban J connectivity index is 2.71. The van der Waals surface area contributed by atoms with E-state index in [9.17, 15) is 0 Å². The first kappa shape index (κ1) is 7.16. The average Bonchev–Trinajstić information content (AvgIpc) is 2.47. The zero-order valence-electron chi connectivity index (χ0n) is 7.11. The van der Waals surface area contributed by atoms with Crippen LogP contribution in [0.4, 0.5) is 0 Å². The molecular formula is C9H10N2O. The van der Waals surface area contributed by atoms with Gasteiger partial charge in [-0.2, -0.15) is 5.10 Å². The zero-order valence-corrected chi connectivity index (χ0v) is 7.11. The summed E-state index contributed by atoms with van der Waals surface area (Å²) in [7, 11) is 3.58. The maximum atomic E-state index is 5.11. The fourth-order valence-electron chi connectivity index (χ4n) is 1.25. The SMILES string of the molecule is COc1ccc2cnn(C)c2c1. The Bertz CT molecular complexity index is 406. The minimum atomic E-state index is 0.867. The van der Waals surface area contributed by atoms with Crippen molar-refractivity contribution in [3.05, 3.63) is 24.4 Å². The van der Waals surface area contributed by atoms with Crippen molar-refractivity contribution >= 4 is 10.9 Å². The van der Waals surface area contributed by atoms with Crippen molar-refractivity contribution in [2.75, 3.05) is 7.11 Å². The maximum absolute atomic E-state index is 5.11. The third-order valence-electron chi connectivity index (χ3n) is 1.96. The molecule has 62 valence electrons. The van der Waals surface area contributed by atoms with Gasteiger partial charge >= 0.3 is 0 Å². The summed E-state index contributed by atoms with van der Waals surface area (Å²) < 4.78 is 6.94. The highest BCUT2D eigenvalue weighted by Crippen LogP contribution is 2.19. The number of fused-ring (bicyclic) bond motifs is 1. The number of hydrogen-bond donors (Lipinski definition) is 0. The van der Waals surface area contributed by atoms with Crippen LogP contribution in [0.5, 0.6) is 5.75 Å². The van der Waals surface area contributed by atoms with Gasteiger partial charge in [0.2, 0.25) is 0 Å². The van der Waals surface area contributed by atoms with Gasteiger partial charge in [0.05, 0.1) is 18.8 Å². The number of methoxy groups -OCH3 is 1. The standard InChI is InChI=1S/C9H10N2O/c1-11-9-5-8(12-2)4-3-7(9)6-10-11/h3-6H,1-2H3. The average molecular weight is 162 g/mol. The number of rotatable bonds is 1. The van der Waals surface area contributed by atoms with Crippen LogP contribution in [-0.4, -0.2) is 16.9 Å². The quantitative estimate of drug-likeness (QED) is 0.636. The molecule has 0 saturated heterocycles. The number of ether oxygens (including phenoxy) is 1. The van der Waals surface area contributed by atoms with Crippen molar-refractivity contribution < 1.29 is 4.74 Å². The molecule has 0 aliphatic heterocycles. The highest BCUT2D eigenvalue weighted by molar-refractivity contribution is 5.79. The summed E-state index contributed by atoms with van der Waals surface area (Å²) in [4.78, 5) is 0. The van der Waals surface area contributed by atoms with Gasteiger partial charge in [0.25, 0.3) is 0 Å². The summed E-state index contributed by atoms with van der Waals surface area (Å²) in [5.74, 6) is 0.867. The van der Waals surface area contributed by atoms with Gasteiger partial charge in [0, 0.05) is 18.5 Å². The van der Waals surface area contributed by atoms with Gasteiger partial charge in [0.15, 0.2) is 0 Å². The molecule has 0 amide bonds. The molecule has 2 aromatic rings. The summed E-state index contributed by atoms with van der Waals surface area (Å²) in [5, 5.41) is 5.27. The van der Waals surface area contributed by atoms with Crippen molar-refractivity contribution in [2.45, 2.75) is 0 Å². The van der Waals surface area contributed by atoms with Crippen LogP contribution in [0.2, 0.25) is 0 Å². The Kier molecular flexibility index (Phi) is 1.50. The Hall–Kier alpha value is -1.51. The second-order valence-electron chi connectivity index (χ2n) is 2.69. The summed E-state index contributed by atoms with van der Waals surface area (Å²) in [6, 6.07) is 5.91. The van der Waals surface area contributed by atoms with Gasteiger partial charge in [-0.1, -0.05) is 0 Å². The van der Waals surface area contributed by atoms with E-state index in [0.29, 0.717) is 0 Å². The minimum absolute atomic E-state index is 0.867. The number of benzene rings is 1. The van der Waals surface area contributed by atoms with E-state index in [1.54, 1.807) is 7.11 Å². The lowest BCUT2D eigenvalue weighted by atomic mass is 10.2. The number of nitrogens with zero attached hydrogens (tertiary/aromatic N) is 2. The molecule has 0 unspecified atom stereocenters. The third kappa shape index (κ3) is 0.942. The van der Waals surface area contributed by atoms with E-state index in [0.717, 1.165) is 16.7 Å². The molecule has 12 heavy (non-hydrogen) atoms. The van der Waals surface area contributed by atoms with Crippen molar-refractivity contribution in [1.29, 1.82) is 0 Å². The molecule has 0 bridgehead atoms. The Labute approximate surface area is 70.6 Å². The molecule has 1 aromatic heterocycles. The maximum Gasteiger partial charge on any atom is 0.121 e. The summed E-state index contributed by atoms with van der Waals surface area (Å²) in [6.07, 6.45) is 1.84. The van der Waals surface area contributed by atoms with E-state index in [-0.39, 0.29) is 0 Å². The Morgan fingerprint density at radius 1 is 1.42 bits per heavy atom. The highest BCUT2D eigenvalue weighted by Gasteiger charge is 1.99. The van der Waals surface area contributed by atoms with Gasteiger partial charge in [0.1, 0.15) is 5.75 Å². The summed E-state index contributed by atoms with van der Waals surface area (Å²) in [5.41, 5.74) is 1.09. The minimum Gasteiger partial charge on any atom is -0.497 e. The van der Waals surface area contributed by atoms with Gasteiger partial charge in [-0.15, -0.1) is 0 Å². The van der Waals surface area contributed by atoms with Crippen LogP contribution in [0, 0.1) is 0 Å². The van der Waals surface area contributed by atoms with Crippen LogP contribution >= 0.6 is 0 Å². The second-order valence-corrected chi connectivity index (χ2v) is 2.69. The first-order valence-electron chi connectivity index (χ1n) is 3.77. The predicted octanol–water partition coefficient (Wildman–Crippen LogP) is 1.58. The molecule has 2 rings (SSSR count). The molecule has 1 aromatic carbocycles. The van der Waals surface area contributed by atoms with Crippen molar-refractivity contribution in [2.24, 2.45) is 7.05 Å². The predicted molar refractivity (Wildman–Crippen MR) is 47.3 cm³/mol. The lowest BCUT2D eigenvalue weighted by molar-refractivity contribution is 0.415. The molecule has 0 saturated carbocycles. The third-order valence-corrected chi connectivity index (χ3v) is 1.96. The van der Waals surface area contributed by atoms with Crippen molar-refractivity contribution in [3.63, 3.8) is 0 Å². The molecule has 0 aliphatic rings. The van der Waals surface area contributed by atoms with Crippen LogP contribution in [0.15, 0.2) is 24.4 Å². The number of aromatic nitrogens is 2. The summed E-state index contributed by atoms with van der Waals surface area (Å²) in [6.45, 7) is 0. The topological polar surface area (TPSA) is 27.1 Å². The van der Waals surface area contributed by atoms with E-state index in [1.807, 2.05) is 36.1 Å². The van der Waals surface area contributed by atoms with Crippen LogP contribution in [0.1, 0.15) is 0 Å². The second kappa shape index (κ2) is 2.52. The lowest BCUT2D eigenvalue weighted by Gasteiger charge is -1.99. The zero-order chi connectivity index (χ0) is 8.55. The molecule has 3 heteroatoms. The normalized spacial score (nSPS) is 10.5. The van der Waals surface area contributed by atoms with Crippen molar-refractivity contribution in [1.82, 2.24) is 9.78 Å². The van der Waals surface area contributed by atoms with E-state index < -0.39 is 0 Å². The van der Waals surface area contributed by atoms with Gasteiger partial charge in [-0.05, 0) is 12.1 Å². The van der Waals surface area contributed by atoms with Crippen LogP contribution in [-0.2, 0) is 7.05 Å². The largest absolute Gasteiger partial charge is 0.497 e. The molecule has 0 N–H and O–H groups in total. The highest BCUT2D eigenvalue weighted by atomic mass is 16.5. The molecule has 3 nitrogen and oxygen atoms in total. The Morgan fingerprint density at radius 3 is 3.00 bits per heavy atom. The lowest BCUT2D eigenvalue weighted by Crippen LogP contribution is -1.89. The monoisotopic (exact) mass is 162 g/mol.